The molecule has 1 aliphatic heterocycles. The van der Waals surface area contributed by atoms with Crippen LogP contribution in [0.1, 0.15) is 109 Å². The molecule has 722 valence electrons. The zero-order valence-corrected chi connectivity index (χ0v) is 74.6. The van der Waals surface area contributed by atoms with Gasteiger partial charge in [0.15, 0.2) is 133 Å². The fourth-order valence-electron chi connectivity index (χ4n) is 13.5. The molecule has 0 aromatic heterocycles. The Morgan fingerprint density at radius 1 is 0.234 bits per heavy atom. The van der Waals surface area contributed by atoms with Gasteiger partial charge in [-0.2, -0.15) is 0 Å². The molecule has 5 atom stereocenters. The highest BCUT2D eigenvalue weighted by molar-refractivity contribution is 6.02. The number of phenolic OH excluding ortho intramolecular Hbond substituents is 10. The molecule has 0 unspecified atom stereocenters. The van der Waals surface area contributed by atoms with Gasteiger partial charge in [-0.1, -0.05) is 0 Å². The summed E-state index contributed by atoms with van der Waals surface area (Å²) in [7, 11) is 18.3. The Morgan fingerprint density at radius 2 is 0.453 bits per heavy atom. The van der Waals surface area contributed by atoms with Gasteiger partial charge in [0, 0.05) is 17.5 Å². The van der Waals surface area contributed by atoms with Gasteiger partial charge in [-0.25, -0.2) is 43.2 Å². The third-order valence-corrected chi connectivity index (χ3v) is 20.2. The first-order valence-corrected chi connectivity index (χ1v) is 39.3. The number of aromatic hydroxyl groups is 10. The number of Topliss-reactive ketones (excluding diaryl/α,β-unsaturated/α-hetero) is 1. The zero-order chi connectivity index (χ0) is 100.0. The van der Waals surface area contributed by atoms with E-state index in [0.29, 0.717) is 54.6 Å². The zero-order valence-electron chi connectivity index (χ0n) is 74.6. The van der Waals surface area contributed by atoms with E-state index in [2.05, 4.69) is 0 Å². The smallest absolute Gasteiger partial charge is 0.343 e. The Kier molecular flexibility index (Phi) is 31.2. The topological polar surface area (TPSA) is 604 Å². The summed E-state index contributed by atoms with van der Waals surface area (Å²) in [6.07, 6.45) is -15.1. The maximum atomic E-state index is 15.7. The Bertz CT molecular complexity index is 6270. The van der Waals surface area contributed by atoms with Gasteiger partial charge in [0.1, 0.15) is 12.7 Å². The van der Waals surface area contributed by atoms with Gasteiger partial charge < -0.3 is 169 Å². The lowest BCUT2D eigenvalue weighted by atomic mass is 9.97. The standard InChI is InChI=1S/C92H84O45/c1-113-59-23-38(24-60(114-2)75(59)123-11)49(93)17-39-16-40(18-50(94)70(39)99)88(109)134-80-69(37-128-83(104)41-19-51(95)71(100)55(25-41)129-84(105)45-29-61(115-3)76(124-12)62(30-45)116-4)133-92(137-91(112)44-22-54(98)74(103)58(28-44)132-87(108)48-35-67(121-9)79(127-15)68(36-48)122-10)82(136-90(111)43-21-53(97)73(102)57(27-43)131-86(107)47-33-65(119-7)78(126-14)66(34-47)120-8)81(80)135-89(110)42-20-52(96)72(101)56(26-42)130-85(106)46-31-63(117-5)77(125-13)64(32-46)118-6/h16,18-36,69,80-82,92,94-103H,17,37H2,1-15H3/t69-,80-,81+,82-,92+/m1/s1. The summed E-state index contributed by atoms with van der Waals surface area (Å²) >= 11 is 0. The summed E-state index contributed by atoms with van der Waals surface area (Å²) in [5.41, 5.74) is -7.06. The first kappa shape index (κ1) is 99.6. The summed E-state index contributed by atoms with van der Waals surface area (Å²) < 4.78 is 139. The summed E-state index contributed by atoms with van der Waals surface area (Å²) in [6, 6.07) is 16.9. The first-order valence-electron chi connectivity index (χ1n) is 39.3. The first-order chi connectivity index (χ1) is 65.4. The van der Waals surface area contributed by atoms with Crippen LogP contribution in [-0.4, -0.2) is 255 Å². The summed E-state index contributed by atoms with van der Waals surface area (Å²) in [4.78, 5) is 148. The van der Waals surface area contributed by atoms with E-state index in [0.717, 1.165) is 54.6 Å². The molecule has 1 heterocycles. The molecule has 1 saturated heterocycles. The normalized spacial score (nSPS) is 14.1. The summed E-state index contributed by atoms with van der Waals surface area (Å²) in [5.74, 6) is -32.6. The van der Waals surface area contributed by atoms with Gasteiger partial charge in [-0.05, 0) is 121 Å². The molecule has 0 aliphatic carbocycles. The molecule has 10 N–H and O–H groups in total. The molecule has 11 rings (SSSR count). The van der Waals surface area contributed by atoms with Crippen molar-refractivity contribution < 1.29 is 217 Å². The lowest BCUT2D eigenvalue weighted by Gasteiger charge is -2.44. The van der Waals surface area contributed by atoms with Crippen molar-refractivity contribution in [2.75, 3.05) is 113 Å². The molecule has 1 aliphatic rings. The molecule has 45 nitrogen and oxygen atoms in total. The minimum atomic E-state index is -2.94. The van der Waals surface area contributed by atoms with Crippen molar-refractivity contribution in [3.63, 3.8) is 0 Å². The lowest BCUT2D eigenvalue weighted by Crippen LogP contribution is -2.63. The fraction of sp³-hybridized carbons (Fsp3) is 0.239. The molecule has 0 spiro atoms. The molecule has 137 heavy (non-hydrogen) atoms. The number of ether oxygens (including phenoxy) is 25. The molecule has 10 aromatic rings. The third-order valence-electron chi connectivity index (χ3n) is 20.2. The van der Waals surface area contributed by atoms with Crippen LogP contribution in [0.25, 0.3) is 0 Å². The molecule has 10 aromatic carbocycles. The fourth-order valence-corrected chi connectivity index (χ4v) is 13.5. The number of rotatable bonds is 37. The average Bonchev–Trinajstić information content (AvgIpc) is 0.762. The highest BCUT2D eigenvalue weighted by Crippen LogP contribution is 2.49. The van der Waals surface area contributed by atoms with E-state index >= 15 is 19.2 Å². The molecule has 1 fully saturated rings. The number of benzene rings is 10. The maximum Gasteiger partial charge on any atom is 0.343 e. The average molecular weight is 1910 g/mol. The number of phenols is 10. The lowest BCUT2D eigenvalue weighted by molar-refractivity contribution is -0.282. The van der Waals surface area contributed by atoms with Crippen molar-refractivity contribution in [3.05, 3.63) is 183 Å². The van der Waals surface area contributed by atoms with Gasteiger partial charge in [0.25, 0.3) is 0 Å². The minimum Gasteiger partial charge on any atom is -0.504 e. The van der Waals surface area contributed by atoms with Crippen molar-refractivity contribution in [1.82, 2.24) is 0 Å². The van der Waals surface area contributed by atoms with Crippen LogP contribution in [0.3, 0.4) is 0 Å². The molecule has 0 radical (unpaired) electrons. The van der Waals surface area contributed by atoms with Gasteiger partial charge in [-0.3, -0.25) is 4.79 Å². The van der Waals surface area contributed by atoms with E-state index in [1.807, 2.05) is 0 Å². The number of carbonyl (C=O) groups excluding carboxylic acids is 10. The number of ketones is 1. The Hall–Kier alpha value is -17.9. The van der Waals surface area contributed by atoms with Gasteiger partial charge >= 0.3 is 53.7 Å². The molecule has 0 bridgehead atoms. The second-order valence-electron chi connectivity index (χ2n) is 28.3. The van der Waals surface area contributed by atoms with Gasteiger partial charge in [-0.15, -0.1) is 0 Å². The van der Waals surface area contributed by atoms with Gasteiger partial charge in [0.2, 0.25) is 64.1 Å². The van der Waals surface area contributed by atoms with Crippen LogP contribution in [-0.2, 0) is 34.8 Å². The number of hydrogen-bond donors (Lipinski definition) is 10. The maximum absolute atomic E-state index is 15.7. The highest BCUT2D eigenvalue weighted by Gasteiger charge is 2.55. The van der Waals surface area contributed by atoms with Crippen LogP contribution in [0, 0.1) is 0 Å². The van der Waals surface area contributed by atoms with Crippen molar-refractivity contribution in [2.24, 2.45) is 0 Å². The number of methoxy groups -OCH3 is 15. The predicted molar refractivity (Wildman–Crippen MR) is 459 cm³/mol. The van der Waals surface area contributed by atoms with E-state index in [4.69, 9.17) is 118 Å². The second-order valence-corrected chi connectivity index (χ2v) is 28.3. The Labute approximate surface area is 773 Å². The molecule has 0 amide bonds. The van der Waals surface area contributed by atoms with Crippen molar-refractivity contribution in [1.29, 1.82) is 0 Å². The van der Waals surface area contributed by atoms with E-state index in [1.54, 1.807) is 0 Å². The van der Waals surface area contributed by atoms with Crippen molar-refractivity contribution >= 4 is 59.5 Å². The van der Waals surface area contributed by atoms with Crippen molar-refractivity contribution in [3.8, 4) is 167 Å². The van der Waals surface area contributed by atoms with E-state index in [1.165, 1.54) is 119 Å². The number of hydrogen-bond acceptors (Lipinski definition) is 45. The van der Waals surface area contributed by atoms with E-state index < -0.39 is 228 Å². The SMILES string of the molecule is COc1cc(C(=O)Cc2cc(C(=O)O[C@H]3[C@H](OC(=O)c4cc(O)c(O)c(OC(=O)c5cc(OC)c(OC)c(OC)c5)c4)[C@@H](OC(=O)c4cc(O)c(O)c(OC(=O)c5cc(OC)c(OC)c(OC)c5)c4)[C@H](OC(=O)c4cc(O)c(O)c(OC(=O)c5cc(OC)c(OC)c(OC)c5)c4)O[C@@H]3COC(=O)c3cc(O)c(O)c(OC(=O)c4cc(OC)c(OC)c(OC)c4)c3)cc(O)c2O)cc(OC)c1OC. The van der Waals surface area contributed by atoms with Crippen LogP contribution in [0.2, 0.25) is 0 Å². The second kappa shape index (κ2) is 43.0. The van der Waals surface area contributed by atoms with Crippen LogP contribution in [0.15, 0.2) is 121 Å². The number of carbonyl (C=O) groups is 10. The molecular formula is C92H84O45. The van der Waals surface area contributed by atoms with Gasteiger partial charge in [0.05, 0.1) is 157 Å². The van der Waals surface area contributed by atoms with E-state index in [9.17, 15) is 79.8 Å². The summed E-state index contributed by atoms with van der Waals surface area (Å²) in [6.45, 7) is -1.54. The summed E-state index contributed by atoms with van der Waals surface area (Å²) in [5, 5.41) is 114. The monoisotopic (exact) mass is 1910 g/mol. The van der Waals surface area contributed by atoms with Crippen molar-refractivity contribution in [2.45, 2.75) is 37.1 Å². The van der Waals surface area contributed by atoms with Crippen LogP contribution in [0.4, 0.5) is 0 Å². The predicted octanol–water partition coefficient (Wildman–Crippen LogP) is 9.59. The highest BCUT2D eigenvalue weighted by atomic mass is 16.8. The largest absolute Gasteiger partial charge is 0.504 e. The molecule has 0 saturated carbocycles. The van der Waals surface area contributed by atoms with Crippen LogP contribution in [0.5, 0.6) is 167 Å². The Morgan fingerprint density at radius 3 is 0.723 bits per heavy atom. The van der Waals surface area contributed by atoms with E-state index in [-0.39, 0.29) is 103 Å². The number of esters is 9. The minimum absolute atomic E-state index is 0.0107. The molecule has 45 heteroatoms. The van der Waals surface area contributed by atoms with Crippen LogP contribution >= 0.6 is 0 Å². The van der Waals surface area contributed by atoms with Crippen LogP contribution < -0.4 is 90.0 Å². The third kappa shape index (κ3) is 21.3. The quantitative estimate of drug-likeness (QED) is 0.00569. The molecular weight excluding hydrogens is 1820 g/mol. The Balaban J connectivity index is 1.11.